The Morgan fingerprint density at radius 2 is 2.05 bits per heavy atom. The molecule has 0 fully saturated rings. The highest BCUT2D eigenvalue weighted by atomic mass is 16.6. The van der Waals surface area contributed by atoms with Gasteiger partial charge in [0.15, 0.2) is 0 Å². The van der Waals surface area contributed by atoms with Crippen LogP contribution in [-0.4, -0.2) is 28.0 Å². The number of ketones is 1. The fraction of sp³-hybridized carbons (Fsp3) is 0.214. The van der Waals surface area contributed by atoms with Gasteiger partial charge in [0.2, 0.25) is 11.7 Å². The molecule has 0 bridgehead atoms. The van der Waals surface area contributed by atoms with Crippen LogP contribution < -0.4 is 10.7 Å². The van der Waals surface area contributed by atoms with Gasteiger partial charge >= 0.3 is 5.66 Å². The van der Waals surface area contributed by atoms with Crippen LogP contribution in [0, 0.1) is 10.1 Å². The van der Waals surface area contributed by atoms with E-state index in [9.17, 15) is 19.7 Å². The number of nitrogens with zero attached hydrogens (tertiary/aromatic N) is 2. The molecule has 1 aliphatic carbocycles. The number of carbonyl (C=O) groups is 2. The fourth-order valence-electron chi connectivity index (χ4n) is 2.01. The molecule has 1 aliphatic rings. The van der Waals surface area contributed by atoms with Crippen molar-refractivity contribution < 1.29 is 14.5 Å². The maximum absolute atomic E-state index is 11.8. The van der Waals surface area contributed by atoms with E-state index in [1.165, 1.54) is 6.92 Å². The van der Waals surface area contributed by atoms with Crippen molar-refractivity contribution in [3.05, 3.63) is 52.6 Å². The van der Waals surface area contributed by atoms with Crippen LogP contribution in [0.1, 0.15) is 13.3 Å². The second kappa shape index (κ2) is 6.17. The maximum atomic E-state index is 11.8. The van der Waals surface area contributed by atoms with Gasteiger partial charge in [0.05, 0.1) is 17.0 Å². The number of hydrogen-bond donors (Lipinski definition) is 2. The third-order valence-corrected chi connectivity index (χ3v) is 3.04. The molecule has 8 nitrogen and oxygen atoms in total. The first kappa shape index (κ1) is 15.4. The SMILES string of the molecule is CC(=O)NC1([N+](=O)[O-])C=CC(=O)/C(=N\Nc2ccccc2)C1. The summed E-state index contributed by atoms with van der Waals surface area (Å²) in [4.78, 5) is 33.7. The molecule has 1 aromatic rings. The van der Waals surface area contributed by atoms with Crippen LogP contribution in [0.25, 0.3) is 0 Å². The average molecular weight is 302 g/mol. The van der Waals surface area contributed by atoms with Crippen LogP contribution in [0.15, 0.2) is 47.6 Å². The highest BCUT2D eigenvalue weighted by Crippen LogP contribution is 2.20. The Kier molecular flexibility index (Phi) is 4.31. The molecule has 0 radical (unpaired) electrons. The van der Waals surface area contributed by atoms with Crippen molar-refractivity contribution >= 4 is 23.1 Å². The van der Waals surface area contributed by atoms with Crippen molar-refractivity contribution in [1.82, 2.24) is 5.32 Å². The number of hydrazone groups is 1. The summed E-state index contributed by atoms with van der Waals surface area (Å²) in [5.41, 5.74) is 1.43. The molecule has 114 valence electrons. The normalized spacial score (nSPS) is 22.4. The number of rotatable bonds is 4. The number of nitro groups is 1. The molecule has 0 heterocycles. The molecule has 0 spiro atoms. The van der Waals surface area contributed by atoms with Gasteiger partial charge in [-0.15, -0.1) is 0 Å². The highest BCUT2D eigenvalue weighted by Gasteiger charge is 2.46. The molecular weight excluding hydrogens is 288 g/mol. The number of hydrogen-bond acceptors (Lipinski definition) is 6. The minimum Gasteiger partial charge on any atom is -0.288 e. The largest absolute Gasteiger partial charge is 0.321 e. The van der Waals surface area contributed by atoms with Crippen LogP contribution in [0.5, 0.6) is 0 Å². The predicted molar refractivity (Wildman–Crippen MR) is 79.8 cm³/mol. The molecule has 0 saturated heterocycles. The third-order valence-electron chi connectivity index (χ3n) is 3.04. The van der Waals surface area contributed by atoms with Gasteiger partial charge < -0.3 is 0 Å². The van der Waals surface area contributed by atoms with Crippen LogP contribution in [0.4, 0.5) is 5.69 Å². The first-order valence-electron chi connectivity index (χ1n) is 6.47. The van der Waals surface area contributed by atoms with E-state index in [4.69, 9.17) is 0 Å². The molecule has 8 heteroatoms. The van der Waals surface area contributed by atoms with E-state index in [0.29, 0.717) is 5.69 Å². The summed E-state index contributed by atoms with van der Waals surface area (Å²) in [5, 5.41) is 17.5. The molecule has 1 atom stereocenters. The fourth-order valence-corrected chi connectivity index (χ4v) is 2.01. The standard InChI is InChI=1S/C14H14N4O4/c1-10(19)15-14(18(21)22)8-7-13(20)12(9-14)17-16-11-5-3-2-4-6-11/h2-8,16H,9H2,1H3,(H,15,19)/b17-12-. The number of amides is 1. The van der Waals surface area contributed by atoms with Gasteiger partial charge in [-0.1, -0.05) is 18.2 Å². The van der Waals surface area contributed by atoms with Gasteiger partial charge in [0.25, 0.3) is 0 Å². The minimum atomic E-state index is -1.85. The van der Waals surface area contributed by atoms with E-state index < -0.39 is 22.3 Å². The van der Waals surface area contributed by atoms with Crippen molar-refractivity contribution in [1.29, 1.82) is 0 Å². The van der Waals surface area contributed by atoms with Crippen molar-refractivity contribution in [2.75, 3.05) is 5.43 Å². The lowest BCUT2D eigenvalue weighted by Crippen LogP contribution is -2.55. The summed E-state index contributed by atoms with van der Waals surface area (Å²) in [6.45, 7) is 1.18. The topological polar surface area (TPSA) is 114 Å². The summed E-state index contributed by atoms with van der Waals surface area (Å²) in [6.07, 6.45) is 1.81. The second-order valence-corrected chi connectivity index (χ2v) is 4.77. The number of nitrogens with one attached hydrogen (secondary N) is 2. The Labute approximate surface area is 126 Å². The summed E-state index contributed by atoms with van der Waals surface area (Å²) < 4.78 is 0. The van der Waals surface area contributed by atoms with E-state index in [0.717, 1.165) is 12.2 Å². The van der Waals surface area contributed by atoms with E-state index in [2.05, 4.69) is 15.8 Å². The number of para-hydroxylation sites is 1. The zero-order valence-corrected chi connectivity index (χ0v) is 11.8. The summed E-state index contributed by atoms with van der Waals surface area (Å²) in [6, 6.07) is 8.86. The summed E-state index contributed by atoms with van der Waals surface area (Å²) in [7, 11) is 0. The van der Waals surface area contributed by atoms with Crippen LogP contribution in [0.3, 0.4) is 0 Å². The van der Waals surface area contributed by atoms with E-state index >= 15 is 0 Å². The van der Waals surface area contributed by atoms with E-state index in [1.807, 2.05) is 6.07 Å². The van der Waals surface area contributed by atoms with Crippen molar-refractivity contribution in [2.24, 2.45) is 5.10 Å². The molecule has 0 saturated carbocycles. The Balaban J connectivity index is 2.26. The van der Waals surface area contributed by atoms with Gasteiger partial charge in [-0.2, -0.15) is 5.10 Å². The van der Waals surface area contributed by atoms with Crippen molar-refractivity contribution in [2.45, 2.75) is 19.0 Å². The monoisotopic (exact) mass is 302 g/mol. The molecular formula is C14H14N4O4. The first-order valence-corrected chi connectivity index (χ1v) is 6.47. The Morgan fingerprint density at radius 3 is 2.64 bits per heavy atom. The zero-order chi connectivity index (χ0) is 16.2. The van der Waals surface area contributed by atoms with Crippen molar-refractivity contribution in [3.63, 3.8) is 0 Å². The molecule has 1 aromatic carbocycles. The Bertz CT molecular complexity index is 669. The van der Waals surface area contributed by atoms with Crippen molar-refractivity contribution in [3.8, 4) is 0 Å². The molecule has 2 rings (SSSR count). The maximum Gasteiger partial charge on any atom is 0.321 e. The van der Waals surface area contributed by atoms with E-state index in [1.54, 1.807) is 24.3 Å². The first-order chi connectivity index (χ1) is 10.4. The van der Waals surface area contributed by atoms with Gasteiger partial charge in [-0.05, 0) is 18.2 Å². The van der Waals surface area contributed by atoms with Gasteiger partial charge in [0.1, 0.15) is 5.71 Å². The quantitative estimate of drug-likeness (QED) is 0.491. The lowest BCUT2D eigenvalue weighted by molar-refractivity contribution is -0.558. The summed E-state index contributed by atoms with van der Waals surface area (Å²) in [5.74, 6) is -1.00. The molecule has 2 N–H and O–H groups in total. The molecule has 0 aromatic heterocycles. The lowest BCUT2D eigenvalue weighted by Gasteiger charge is -2.25. The molecule has 0 aliphatic heterocycles. The second-order valence-electron chi connectivity index (χ2n) is 4.77. The average Bonchev–Trinajstić information content (AvgIpc) is 2.48. The summed E-state index contributed by atoms with van der Waals surface area (Å²) >= 11 is 0. The Hall–Kier alpha value is -3.03. The Morgan fingerprint density at radius 1 is 1.36 bits per heavy atom. The number of benzene rings is 1. The molecule has 1 unspecified atom stereocenters. The smallest absolute Gasteiger partial charge is 0.288 e. The number of anilines is 1. The lowest BCUT2D eigenvalue weighted by atomic mass is 9.93. The number of allylic oxidation sites excluding steroid dienone is 1. The van der Waals surface area contributed by atoms with Crippen LogP contribution >= 0.6 is 0 Å². The van der Waals surface area contributed by atoms with Crippen LogP contribution in [0.2, 0.25) is 0 Å². The number of carbonyl (C=O) groups excluding carboxylic acids is 2. The molecule has 1 amide bonds. The zero-order valence-electron chi connectivity index (χ0n) is 11.8. The molecule has 22 heavy (non-hydrogen) atoms. The van der Waals surface area contributed by atoms with Gasteiger partial charge in [-0.3, -0.25) is 30.4 Å². The third kappa shape index (κ3) is 3.35. The van der Waals surface area contributed by atoms with Crippen LogP contribution in [-0.2, 0) is 9.59 Å². The van der Waals surface area contributed by atoms with E-state index in [-0.39, 0.29) is 12.1 Å². The highest BCUT2D eigenvalue weighted by molar-refractivity contribution is 6.45. The van der Waals surface area contributed by atoms with Gasteiger partial charge in [0, 0.05) is 13.0 Å². The van der Waals surface area contributed by atoms with Gasteiger partial charge in [-0.25, -0.2) is 0 Å². The minimum absolute atomic E-state index is 0.0307. The predicted octanol–water partition coefficient (Wildman–Crippen LogP) is 1.09.